The minimum atomic E-state index is -0.128. The van der Waals surface area contributed by atoms with Gasteiger partial charge in [-0.15, -0.1) is 5.10 Å². The number of nitrogens with one attached hydrogen (secondary N) is 1. The first-order valence-electron chi connectivity index (χ1n) is 8.26. The van der Waals surface area contributed by atoms with Crippen molar-refractivity contribution in [2.45, 2.75) is 52.0 Å². The highest BCUT2D eigenvalue weighted by Crippen LogP contribution is 2.23. The number of aryl methyl sites for hydroxylation is 1. The van der Waals surface area contributed by atoms with Crippen molar-refractivity contribution in [1.29, 1.82) is 0 Å². The van der Waals surface area contributed by atoms with Crippen LogP contribution in [0.5, 0.6) is 0 Å². The quantitative estimate of drug-likeness (QED) is 0.879. The Morgan fingerprint density at radius 1 is 1.30 bits per heavy atom. The van der Waals surface area contributed by atoms with Crippen molar-refractivity contribution in [3.05, 3.63) is 23.8 Å². The second kappa shape index (κ2) is 6.52. The van der Waals surface area contributed by atoms with Crippen molar-refractivity contribution in [2.75, 3.05) is 0 Å². The Hall–Kier alpha value is -2.18. The third kappa shape index (κ3) is 3.43. The second-order valence-corrected chi connectivity index (χ2v) is 6.59. The summed E-state index contributed by atoms with van der Waals surface area (Å²) >= 11 is 0. The predicted molar refractivity (Wildman–Crippen MR) is 86.4 cm³/mol. The van der Waals surface area contributed by atoms with E-state index in [0.29, 0.717) is 5.69 Å². The van der Waals surface area contributed by atoms with E-state index in [4.69, 9.17) is 0 Å². The van der Waals surface area contributed by atoms with Crippen LogP contribution in [0.1, 0.15) is 55.2 Å². The third-order valence-corrected chi connectivity index (χ3v) is 4.64. The summed E-state index contributed by atoms with van der Waals surface area (Å²) in [6.45, 7) is 4.14. The SMILES string of the molecule is Cc1c(C(=O)NC2CCCC(C)CC2)nnn1-c1cnn(C)c1. The molecule has 0 aromatic carbocycles. The molecule has 2 unspecified atom stereocenters. The zero-order valence-corrected chi connectivity index (χ0v) is 14.0. The van der Waals surface area contributed by atoms with Gasteiger partial charge in [0.1, 0.15) is 5.69 Å². The minimum Gasteiger partial charge on any atom is -0.348 e. The van der Waals surface area contributed by atoms with Crippen molar-refractivity contribution in [3.8, 4) is 5.69 Å². The van der Waals surface area contributed by atoms with E-state index in [0.717, 1.165) is 30.1 Å². The Kier molecular flexibility index (Phi) is 4.45. The van der Waals surface area contributed by atoms with Gasteiger partial charge in [-0.3, -0.25) is 9.48 Å². The minimum absolute atomic E-state index is 0.128. The fourth-order valence-electron chi connectivity index (χ4n) is 3.19. The van der Waals surface area contributed by atoms with Gasteiger partial charge in [-0.05, 0) is 32.1 Å². The lowest BCUT2D eigenvalue weighted by Crippen LogP contribution is -2.35. The summed E-state index contributed by atoms with van der Waals surface area (Å²) in [6.07, 6.45) is 9.24. The van der Waals surface area contributed by atoms with Crippen LogP contribution in [0.15, 0.2) is 12.4 Å². The molecule has 2 heterocycles. The van der Waals surface area contributed by atoms with Crippen molar-refractivity contribution in [2.24, 2.45) is 13.0 Å². The number of carbonyl (C=O) groups is 1. The fraction of sp³-hybridized carbons (Fsp3) is 0.625. The number of hydrogen-bond acceptors (Lipinski definition) is 4. The Morgan fingerprint density at radius 2 is 2.13 bits per heavy atom. The highest BCUT2D eigenvalue weighted by atomic mass is 16.2. The third-order valence-electron chi connectivity index (χ3n) is 4.64. The van der Waals surface area contributed by atoms with Gasteiger partial charge in [0.2, 0.25) is 0 Å². The first-order valence-corrected chi connectivity index (χ1v) is 8.26. The lowest BCUT2D eigenvalue weighted by atomic mass is 10.0. The first-order chi connectivity index (χ1) is 11.0. The smallest absolute Gasteiger partial charge is 0.273 e. The topological polar surface area (TPSA) is 77.6 Å². The summed E-state index contributed by atoms with van der Waals surface area (Å²) in [7, 11) is 1.84. The molecule has 3 rings (SSSR count). The van der Waals surface area contributed by atoms with Gasteiger partial charge in [0.15, 0.2) is 5.69 Å². The molecule has 0 spiro atoms. The first kappa shape index (κ1) is 15.7. The van der Waals surface area contributed by atoms with Gasteiger partial charge in [0.05, 0.1) is 18.1 Å². The molecule has 1 saturated carbocycles. The molecule has 7 heteroatoms. The van der Waals surface area contributed by atoms with Crippen molar-refractivity contribution in [3.63, 3.8) is 0 Å². The van der Waals surface area contributed by atoms with Crippen LogP contribution in [-0.2, 0) is 7.05 Å². The molecule has 1 fully saturated rings. The van der Waals surface area contributed by atoms with Gasteiger partial charge in [-0.1, -0.05) is 25.0 Å². The van der Waals surface area contributed by atoms with Crippen LogP contribution in [0.25, 0.3) is 5.69 Å². The van der Waals surface area contributed by atoms with Crippen LogP contribution in [0.3, 0.4) is 0 Å². The maximum absolute atomic E-state index is 12.5. The molecule has 0 radical (unpaired) electrons. The van der Waals surface area contributed by atoms with Crippen LogP contribution in [-0.4, -0.2) is 36.7 Å². The van der Waals surface area contributed by atoms with E-state index in [9.17, 15) is 4.79 Å². The predicted octanol–water partition coefficient (Wildman–Crippen LogP) is 2.01. The second-order valence-electron chi connectivity index (χ2n) is 6.59. The zero-order valence-electron chi connectivity index (χ0n) is 14.0. The Balaban J connectivity index is 1.72. The van der Waals surface area contributed by atoms with Gasteiger partial charge in [0, 0.05) is 13.1 Å². The molecule has 2 atom stereocenters. The molecule has 1 aliphatic carbocycles. The molecule has 2 aromatic heterocycles. The molecule has 1 N–H and O–H groups in total. The average molecular weight is 316 g/mol. The molecule has 2 aromatic rings. The summed E-state index contributed by atoms with van der Waals surface area (Å²) in [5.41, 5.74) is 1.93. The lowest BCUT2D eigenvalue weighted by Gasteiger charge is -2.15. The maximum Gasteiger partial charge on any atom is 0.273 e. The summed E-state index contributed by atoms with van der Waals surface area (Å²) < 4.78 is 3.35. The summed E-state index contributed by atoms with van der Waals surface area (Å²) in [5.74, 6) is 0.627. The number of carbonyl (C=O) groups excluding carboxylic acids is 1. The fourth-order valence-corrected chi connectivity index (χ4v) is 3.19. The Bertz CT molecular complexity index is 689. The molecule has 1 aliphatic rings. The maximum atomic E-state index is 12.5. The van der Waals surface area contributed by atoms with Gasteiger partial charge >= 0.3 is 0 Å². The molecular formula is C16H24N6O. The van der Waals surface area contributed by atoms with Crippen LogP contribution in [0.4, 0.5) is 0 Å². The largest absolute Gasteiger partial charge is 0.348 e. The molecule has 0 aliphatic heterocycles. The van der Waals surface area contributed by atoms with E-state index in [-0.39, 0.29) is 11.9 Å². The van der Waals surface area contributed by atoms with Crippen molar-refractivity contribution in [1.82, 2.24) is 30.1 Å². The normalized spacial score (nSPS) is 21.9. The summed E-state index contributed by atoms with van der Waals surface area (Å²) in [4.78, 5) is 12.5. The van der Waals surface area contributed by atoms with E-state index in [1.54, 1.807) is 15.6 Å². The van der Waals surface area contributed by atoms with E-state index in [2.05, 4.69) is 27.7 Å². The van der Waals surface area contributed by atoms with Crippen LogP contribution in [0, 0.1) is 12.8 Å². The van der Waals surface area contributed by atoms with Crippen LogP contribution >= 0.6 is 0 Å². The van der Waals surface area contributed by atoms with Crippen molar-refractivity contribution >= 4 is 5.91 Å². The van der Waals surface area contributed by atoms with Crippen molar-refractivity contribution < 1.29 is 4.79 Å². The molecule has 124 valence electrons. The number of rotatable bonds is 3. The Labute approximate surface area is 136 Å². The highest BCUT2D eigenvalue weighted by Gasteiger charge is 2.22. The molecule has 7 nitrogen and oxygen atoms in total. The standard InChI is InChI=1S/C16H24N6O/c1-11-5-4-6-13(8-7-11)18-16(23)15-12(2)22(20-19-15)14-9-17-21(3)10-14/h9-11,13H,4-8H2,1-3H3,(H,18,23). The molecular weight excluding hydrogens is 292 g/mol. The monoisotopic (exact) mass is 316 g/mol. The van der Waals surface area contributed by atoms with Gasteiger partial charge in [-0.25, -0.2) is 4.68 Å². The van der Waals surface area contributed by atoms with Crippen LogP contribution < -0.4 is 5.32 Å². The molecule has 0 saturated heterocycles. The Morgan fingerprint density at radius 3 is 2.87 bits per heavy atom. The summed E-state index contributed by atoms with van der Waals surface area (Å²) in [6, 6.07) is 0.246. The van der Waals surface area contributed by atoms with E-state index in [1.165, 1.54) is 19.3 Å². The van der Waals surface area contributed by atoms with Gasteiger partial charge in [0.25, 0.3) is 5.91 Å². The van der Waals surface area contributed by atoms with E-state index in [1.807, 2.05) is 20.2 Å². The van der Waals surface area contributed by atoms with Crippen LogP contribution in [0.2, 0.25) is 0 Å². The number of nitrogens with zero attached hydrogens (tertiary/aromatic N) is 5. The number of aromatic nitrogens is 5. The number of hydrogen-bond donors (Lipinski definition) is 1. The summed E-state index contributed by atoms with van der Waals surface area (Å²) in [5, 5.41) is 15.4. The lowest BCUT2D eigenvalue weighted by molar-refractivity contribution is 0.0927. The highest BCUT2D eigenvalue weighted by molar-refractivity contribution is 5.93. The van der Waals surface area contributed by atoms with Gasteiger partial charge in [-0.2, -0.15) is 5.10 Å². The average Bonchev–Trinajstić information content (AvgIpc) is 3.04. The van der Waals surface area contributed by atoms with E-state index < -0.39 is 0 Å². The number of amides is 1. The zero-order chi connectivity index (χ0) is 16.4. The molecule has 1 amide bonds. The molecule has 0 bridgehead atoms. The van der Waals surface area contributed by atoms with Gasteiger partial charge < -0.3 is 5.32 Å². The van der Waals surface area contributed by atoms with E-state index >= 15 is 0 Å². The molecule has 23 heavy (non-hydrogen) atoms.